The summed E-state index contributed by atoms with van der Waals surface area (Å²) in [6.07, 6.45) is 1.45. The molecule has 138 valence electrons. The van der Waals surface area contributed by atoms with E-state index in [4.69, 9.17) is 9.47 Å². The lowest BCUT2D eigenvalue weighted by Crippen LogP contribution is -2.34. The minimum atomic E-state index is -0.0723. The maximum absolute atomic E-state index is 13.2. The van der Waals surface area contributed by atoms with Gasteiger partial charge in [-0.2, -0.15) is 0 Å². The maximum Gasteiger partial charge on any atom is 0.163 e. The van der Waals surface area contributed by atoms with Gasteiger partial charge in [0.1, 0.15) is 13.2 Å². The Hall–Kier alpha value is -2.75. The van der Waals surface area contributed by atoms with Crippen molar-refractivity contribution in [1.82, 2.24) is 0 Å². The molecule has 0 radical (unpaired) electrons. The molecule has 0 aromatic heterocycles. The topological polar surface area (TPSA) is 47.6 Å². The van der Waals surface area contributed by atoms with Gasteiger partial charge < -0.3 is 14.8 Å². The molecular formula is C23H23NO3. The Balaban J connectivity index is 1.72. The first-order chi connectivity index (χ1) is 13.0. The standard InChI is InChI=1S/C23H23NO3/c1-23(2)12-17-22(18(25)13-23)21(14-6-4-3-5-7-14)15-10-19-20(11-16(15)24-17)27-9-8-26-19/h3-7,10-11,21,24H,8-9,12-13H2,1-2H3/t21-/m1/s1. The van der Waals surface area contributed by atoms with Gasteiger partial charge in [-0.1, -0.05) is 44.2 Å². The van der Waals surface area contributed by atoms with Gasteiger partial charge in [0.25, 0.3) is 0 Å². The summed E-state index contributed by atoms with van der Waals surface area (Å²) in [6, 6.07) is 14.4. The third-order valence-corrected chi connectivity index (χ3v) is 5.65. The van der Waals surface area contributed by atoms with Crippen molar-refractivity contribution < 1.29 is 14.3 Å². The van der Waals surface area contributed by atoms with E-state index < -0.39 is 0 Å². The summed E-state index contributed by atoms with van der Waals surface area (Å²) in [5.41, 5.74) is 5.15. The summed E-state index contributed by atoms with van der Waals surface area (Å²) in [4.78, 5) is 13.2. The minimum absolute atomic E-state index is 0.0323. The van der Waals surface area contributed by atoms with Gasteiger partial charge in [0.2, 0.25) is 0 Å². The van der Waals surface area contributed by atoms with E-state index in [0.717, 1.165) is 46.0 Å². The molecule has 2 aliphatic heterocycles. The zero-order chi connectivity index (χ0) is 18.6. The molecule has 2 aromatic carbocycles. The van der Waals surface area contributed by atoms with E-state index in [1.807, 2.05) is 30.3 Å². The van der Waals surface area contributed by atoms with E-state index in [0.29, 0.717) is 19.6 Å². The SMILES string of the molecule is CC1(C)CC(=O)C2=C(C1)Nc1cc3c(cc1[C@H]2c1ccccc1)OCCO3. The van der Waals surface area contributed by atoms with Crippen molar-refractivity contribution in [2.75, 3.05) is 18.5 Å². The second kappa shape index (κ2) is 5.88. The number of ketones is 1. The quantitative estimate of drug-likeness (QED) is 0.803. The number of hydrogen-bond acceptors (Lipinski definition) is 4. The van der Waals surface area contributed by atoms with Crippen molar-refractivity contribution >= 4 is 11.5 Å². The zero-order valence-corrected chi connectivity index (χ0v) is 15.7. The number of allylic oxidation sites excluding steroid dienone is 2. The highest BCUT2D eigenvalue weighted by Gasteiger charge is 2.41. The predicted octanol–water partition coefficient (Wildman–Crippen LogP) is 4.66. The molecule has 1 N–H and O–H groups in total. The average molecular weight is 361 g/mol. The summed E-state index contributed by atoms with van der Waals surface area (Å²) >= 11 is 0. The molecule has 3 aliphatic rings. The maximum atomic E-state index is 13.2. The molecule has 1 atom stereocenters. The molecule has 0 fully saturated rings. The smallest absolute Gasteiger partial charge is 0.163 e. The minimum Gasteiger partial charge on any atom is -0.486 e. The van der Waals surface area contributed by atoms with Gasteiger partial charge in [0.15, 0.2) is 17.3 Å². The van der Waals surface area contributed by atoms with Gasteiger partial charge in [0.05, 0.1) is 0 Å². The second-order valence-electron chi connectivity index (χ2n) is 8.38. The highest BCUT2D eigenvalue weighted by atomic mass is 16.6. The highest BCUT2D eigenvalue weighted by Crippen LogP contribution is 2.51. The van der Waals surface area contributed by atoms with Crippen LogP contribution in [0.3, 0.4) is 0 Å². The van der Waals surface area contributed by atoms with Gasteiger partial charge in [-0.15, -0.1) is 0 Å². The predicted molar refractivity (Wildman–Crippen MR) is 104 cm³/mol. The fourth-order valence-corrected chi connectivity index (χ4v) is 4.54. The van der Waals surface area contributed by atoms with Crippen LogP contribution in [0.1, 0.15) is 43.7 Å². The molecule has 0 saturated heterocycles. The number of benzene rings is 2. The Morgan fingerprint density at radius 3 is 2.44 bits per heavy atom. The molecule has 0 bridgehead atoms. The summed E-state index contributed by atoms with van der Waals surface area (Å²) < 4.78 is 11.6. The molecule has 0 amide bonds. The lowest BCUT2D eigenvalue weighted by Gasteiger charge is -2.40. The molecule has 1 aliphatic carbocycles. The molecule has 0 unspecified atom stereocenters. The van der Waals surface area contributed by atoms with E-state index >= 15 is 0 Å². The van der Waals surface area contributed by atoms with Crippen LogP contribution in [0.2, 0.25) is 0 Å². The summed E-state index contributed by atoms with van der Waals surface area (Å²) in [7, 11) is 0. The lowest BCUT2D eigenvalue weighted by atomic mass is 9.68. The van der Waals surface area contributed by atoms with Crippen molar-refractivity contribution in [2.24, 2.45) is 5.41 Å². The molecule has 2 heterocycles. The third-order valence-electron chi connectivity index (χ3n) is 5.65. The van der Waals surface area contributed by atoms with Crippen LogP contribution in [0.15, 0.2) is 53.7 Å². The summed E-state index contributed by atoms with van der Waals surface area (Å²) in [6.45, 7) is 5.43. The number of fused-ring (bicyclic) bond motifs is 2. The summed E-state index contributed by atoms with van der Waals surface area (Å²) in [5, 5.41) is 3.56. The van der Waals surface area contributed by atoms with Crippen molar-refractivity contribution in [2.45, 2.75) is 32.6 Å². The molecular weight excluding hydrogens is 338 g/mol. The average Bonchev–Trinajstić information content (AvgIpc) is 2.64. The second-order valence-corrected chi connectivity index (χ2v) is 8.38. The molecule has 0 spiro atoms. The Morgan fingerprint density at radius 1 is 1.00 bits per heavy atom. The number of Topliss-reactive ketones (excluding diaryl/α,β-unsaturated/α-hetero) is 1. The third kappa shape index (κ3) is 2.71. The van der Waals surface area contributed by atoms with E-state index in [-0.39, 0.29) is 17.1 Å². The zero-order valence-electron chi connectivity index (χ0n) is 15.7. The van der Waals surface area contributed by atoms with Gasteiger partial charge >= 0.3 is 0 Å². The number of ether oxygens (including phenoxy) is 2. The van der Waals surface area contributed by atoms with Crippen LogP contribution >= 0.6 is 0 Å². The van der Waals surface area contributed by atoms with Gasteiger partial charge in [-0.3, -0.25) is 4.79 Å². The fourth-order valence-electron chi connectivity index (χ4n) is 4.54. The van der Waals surface area contributed by atoms with Gasteiger partial charge in [0, 0.05) is 35.4 Å². The first-order valence-corrected chi connectivity index (χ1v) is 9.54. The first kappa shape index (κ1) is 16.4. The Morgan fingerprint density at radius 2 is 1.70 bits per heavy atom. The molecule has 4 nitrogen and oxygen atoms in total. The van der Waals surface area contributed by atoms with Gasteiger partial charge in [-0.25, -0.2) is 0 Å². The van der Waals surface area contributed by atoms with Crippen LogP contribution in [0.25, 0.3) is 0 Å². The van der Waals surface area contributed by atoms with Crippen LogP contribution in [0.4, 0.5) is 5.69 Å². The highest BCUT2D eigenvalue weighted by molar-refractivity contribution is 6.01. The summed E-state index contributed by atoms with van der Waals surface area (Å²) in [5.74, 6) is 1.69. The van der Waals surface area contributed by atoms with Crippen molar-refractivity contribution in [3.05, 3.63) is 64.9 Å². The first-order valence-electron chi connectivity index (χ1n) is 9.54. The van der Waals surface area contributed by atoms with E-state index in [1.54, 1.807) is 0 Å². The normalized spacial score (nSPS) is 22.6. The number of rotatable bonds is 1. The molecule has 5 rings (SSSR count). The monoisotopic (exact) mass is 361 g/mol. The Bertz CT molecular complexity index is 959. The van der Waals surface area contributed by atoms with Crippen LogP contribution in [-0.4, -0.2) is 19.0 Å². The largest absolute Gasteiger partial charge is 0.486 e. The van der Waals surface area contributed by atoms with Crippen LogP contribution in [-0.2, 0) is 4.79 Å². The van der Waals surface area contributed by atoms with Crippen LogP contribution in [0, 0.1) is 5.41 Å². The molecule has 27 heavy (non-hydrogen) atoms. The number of anilines is 1. The van der Waals surface area contributed by atoms with E-state index in [9.17, 15) is 4.79 Å². The van der Waals surface area contributed by atoms with Gasteiger partial charge in [-0.05, 0) is 29.0 Å². The molecule has 0 saturated carbocycles. The Kier molecular flexibility index (Phi) is 3.58. The number of nitrogens with one attached hydrogen (secondary N) is 1. The van der Waals surface area contributed by atoms with Crippen molar-refractivity contribution in [3.63, 3.8) is 0 Å². The van der Waals surface area contributed by atoms with Crippen LogP contribution in [0.5, 0.6) is 11.5 Å². The fraction of sp³-hybridized carbons (Fsp3) is 0.348. The van der Waals surface area contributed by atoms with E-state index in [2.05, 4.69) is 31.3 Å². The lowest BCUT2D eigenvalue weighted by molar-refractivity contribution is -0.118. The number of carbonyl (C=O) groups excluding carboxylic acids is 1. The number of hydrogen-bond donors (Lipinski definition) is 1. The number of carbonyl (C=O) groups is 1. The molecule has 4 heteroatoms. The molecule has 2 aromatic rings. The van der Waals surface area contributed by atoms with E-state index in [1.165, 1.54) is 0 Å². The Labute approximate surface area is 159 Å². The van der Waals surface area contributed by atoms with Crippen LogP contribution < -0.4 is 14.8 Å². The van der Waals surface area contributed by atoms with Crippen molar-refractivity contribution in [3.8, 4) is 11.5 Å². The van der Waals surface area contributed by atoms with Crippen molar-refractivity contribution in [1.29, 1.82) is 0 Å².